The van der Waals surface area contributed by atoms with Crippen LogP contribution in [0.4, 0.5) is 0 Å². The van der Waals surface area contributed by atoms with Crippen LogP contribution in [0.25, 0.3) is 0 Å². The largest absolute Gasteiger partial charge is 0.482 e. The van der Waals surface area contributed by atoms with Crippen molar-refractivity contribution in [3.05, 3.63) is 30.3 Å². The standard InChI is InChI=1S/C7H9O3PS2/c8-11(9,12)13-6-10-7-4-2-1-3-5-7/h1-5H,6H2,(H2,8,9,12). The fourth-order valence-corrected chi connectivity index (χ4v) is 2.00. The molecule has 0 aliphatic carbocycles. The summed E-state index contributed by atoms with van der Waals surface area (Å²) in [6.07, 6.45) is 0. The first kappa shape index (κ1) is 11.0. The summed E-state index contributed by atoms with van der Waals surface area (Å²) in [5.41, 5.74) is 0. The SMILES string of the molecule is O=P(O)(S)SCOc1ccccc1. The van der Waals surface area contributed by atoms with E-state index in [4.69, 9.17) is 9.63 Å². The zero-order chi connectivity index (χ0) is 9.73. The lowest BCUT2D eigenvalue weighted by molar-refractivity contribution is 0.393. The van der Waals surface area contributed by atoms with Crippen LogP contribution in [0, 0.1) is 0 Å². The van der Waals surface area contributed by atoms with E-state index in [2.05, 4.69) is 12.2 Å². The van der Waals surface area contributed by atoms with Crippen LogP contribution in [0.3, 0.4) is 0 Å². The zero-order valence-electron chi connectivity index (χ0n) is 6.66. The van der Waals surface area contributed by atoms with Crippen molar-refractivity contribution in [2.45, 2.75) is 0 Å². The van der Waals surface area contributed by atoms with Gasteiger partial charge in [0.1, 0.15) is 11.7 Å². The highest BCUT2D eigenvalue weighted by Crippen LogP contribution is 2.58. The summed E-state index contributed by atoms with van der Waals surface area (Å²) in [5, 5.41) is 0. The van der Waals surface area contributed by atoms with Crippen LogP contribution in [0.1, 0.15) is 0 Å². The minimum absolute atomic E-state index is 0.126. The van der Waals surface area contributed by atoms with E-state index < -0.39 is 5.77 Å². The van der Waals surface area contributed by atoms with E-state index in [1.807, 2.05) is 18.2 Å². The second kappa shape index (κ2) is 4.96. The van der Waals surface area contributed by atoms with Gasteiger partial charge in [0.15, 0.2) is 0 Å². The quantitative estimate of drug-likeness (QED) is 0.479. The maximum Gasteiger partial charge on any atom is 0.310 e. The molecule has 0 bridgehead atoms. The van der Waals surface area contributed by atoms with E-state index in [1.165, 1.54) is 0 Å². The third-order valence-corrected chi connectivity index (χ3v) is 4.11. The van der Waals surface area contributed by atoms with E-state index in [9.17, 15) is 4.57 Å². The predicted molar refractivity (Wildman–Crippen MR) is 58.3 cm³/mol. The monoisotopic (exact) mass is 236 g/mol. The van der Waals surface area contributed by atoms with Gasteiger partial charge in [-0.1, -0.05) is 30.4 Å². The van der Waals surface area contributed by atoms with Crippen LogP contribution in [-0.2, 0) is 4.57 Å². The first-order valence-corrected chi connectivity index (χ1v) is 7.86. The van der Waals surface area contributed by atoms with Crippen LogP contribution in [0.15, 0.2) is 30.3 Å². The smallest absolute Gasteiger partial charge is 0.310 e. The molecule has 13 heavy (non-hydrogen) atoms. The molecule has 0 radical (unpaired) electrons. The summed E-state index contributed by atoms with van der Waals surface area (Å²) >= 11 is 4.28. The average molecular weight is 236 g/mol. The predicted octanol–water partition coefficient (Wildman–Crippen LogP) is 2.79. The molecule has 1 N–H and O–H groups in total. The molecular formula is C7H9O3PS2. The molecule has 1 atom stereocenters. The van der Waals surface area contributed by atoms with Gasteiger partial charge in [0.05, 0.1) is 0 Å². The summed E-state index contributed by atoms with van der Waals surface area (Å²) in [6.45, 7) is 0. The third-order valence-electron chi connectivity index (χ3n) is 1.19. The normalized spacial score (nSPS) is 14.9. The molecule has 0 amide bonds. The summed E-state index contributed by atoms with van der Waals surface area (Å²) in [4.78, 5) is 8.80. The van der Waals surface area contributed by atoms with Gasteiger partial charge in [-0.3, -0.25) is 4.57 Å². The van der Waals surface area contributed by atoms with E-state index in [1.54, 1.807) is 12.1 Å². The van der Waals surface area contributed by atoms with Crippen LogP contribution in [0.2, 0.25) is 0 Å². The first-order chi connectivity index (χ1) is 6.08. The maximum atomic E-state index is 10.7. The Kier molecular flexibility index (Phi) is 4.19. The molecule has 0 fully saturated rings. The van der Waals surface area contributed by atoms with Gasteiger partial charge in [-0.05, 0) is 23.5 Å². The molecule has 1 aromatic rings. The van der Waals surface area contributed by atoms with Gasteiger partial charge in [0, 0.05) is 0 Å². The molecule has 3 nitrogen and oxygen atoms in total. The zero-order valence-corrected chi connectivity index (χ0v) is 9.27. The summed E-state index contributed by atoms with van der Waals surface area (Å²) in [7, 11) is 0. The van der Waals surface area contributed by atoms with Gasteiger partial charge in [0.2, 0.25) is 0 Å². The van der Waals surface area contributed by atoms with Crippen molar-refractivity contribution in [2.24, 2.45) is 0 Å². The van der Waals surface area contributed by atoms with Gasteiger partial charge in [-0.2, -0.15) is 0 Å². The Morgan fingerprint density at radius 2 is 2.08 bits per heavy atom. The summed E-state index contributed by atoms with van der Waals surface area (Å²) in [5.74, 6) is -2.51. The van der Waals surface area contributed by atoms with Crippen molar-refractivity contribution >= 4 is 29.4 Å². The van der Waals surface area contributed by atoms with Crippen LogP contribution in [0.5, 0.6) is 5.75 Å². The van der Waals surface area contributed by atoms with Crippen LogP contribution >= 0.6 is 29.4 Å². The van der Waals surface area contributed by atoms with Gasteiger partial charge in [-0.15, -0.1) is 0 Å². The number of thiol groups is 1. The van der Waals surface area contributed by atoms with E-state index >= 15 is 0 Å². The lowest BCUT2D eigenvalue weighted by Crippen LogP contribution is -1.90. The summed E-state index contributed by atoms with van der Waals surface area (Å²) in [6, 6.07) is 9.09. The Morgan fingerprint density at radius 1 is 1.46 bits per heavy atom. The molecule has 6 heteroatoms. The molecule has 0 aromatic heterocycles. The van der Waals surface area contributed by atoms with E-state index in [0.717, 1.165) is 11.4 Å². The third kappa shape index (κ3) is 5.26. The minimum Gasteiger partial charge on any atom is -0.482 e. The van der Waals surface area contributed by atoms with Gasteiger partial charge in [-0.25, -0.2) is 0 Å². The van der Waals surface area contributed by atoms with Crippen LogP contribution < -0.4 is 4.74 Å². The second-order valence-corrected chi connectivity index (χ2v) is 8.37. The lowest BCUT2D eigenvalue weighted by atomic mass is 10.3. The topological polar surface area (TPSA) is 46.5 Å². The molecule has 0 saturated heterocycles. The molecule has 1 rings (SSSR count). The molecule has 72 valence electrons. The highest BCUT2D eigenvalue weighted by molar-refractivity contribution is 8.84. The number of hydrogen-bond acceptors (Lipinski definition) is 3. The maximum absolute atomic E-state index is 10.7. The van der Waals surface area contributed by atoms with Crippen molar-refractivity contribution in [1.29, 1.82) is 0 Å². The molecule has 0 aliphatic rings. The highest BCUT2D eigenvalue weighted by atomic mass is 33.1. The van der Waals surface area contributed by atoms with Gasteiger partial charge in [0.25, 0.3) is 0 Å². The van der Waals surface area contributed by atoms with Crippen LogP contribution in [-0.4, -0.2) is 10.8 Å². The second-order valence-electron chi connectivity index (χ2n) is 2.19. The average Bonchev–Trinajstić information content (AvgIpc) is 2.04. The minimum atomic E-state index is -3.32. The van der Waals surface area contributed by atoms with Crippen molar-refractivity contribution in [1.82, 2.24) is 0 Å². The number of para-hydroxylation sites is 1. The van der Waals surface area contributed by atoms with Gasteiger partial charge >= 0.3 is 5.77 Å². The molecule has 1 aromatic carbocycles. The van der Waals surface area contributed by atoms with E-state index in [0.29, 0.717) is 5.75 Å². The fraction of sp³-hybridized carbons (Fsp3) is 0.143. The molecule has 0 heterocycles. The van der Waals surface area contributed by atoms with Crippen molar-refractivity contribution in [2.75, 3.05) is 5.94 Å². The number of ether oxygens (including phenoxy) is 1. The Hall–Kier alpha value is -0.0900. The van der Waals surface area contributed by atoms with Crippen molar-refractivity contribution < 1.29 is 14.2 Å². The van der Waals surface area contributed by atoms with E-state index in [-0.39, 0.29) is 5.94 Å². The summed E-state index contributed by atoms with van der Waals surface area (Å²) < 4.78 is 15.9. The number of rotatable bonds is 4. The molecule has 0 saturated carbocycles. The lowest BCUT2D eigenvalue weighted by Gasteiger charge is -2.05. The first-order valence-electron chi connectivity index (χ1n) is 3.46. The number of hydrogen-bond donors (Lipinski definition) is 2. The molecular weight excluding hydrogens is 227 g/mol. The van der Waals surface area contributed by atoms with Gasteiger partial charge < -0.3 is 9.63 Å². The number of benzene rings is 1. The Morgan fingerprint density at radius 3 is 2.62 bits per heavy atom. The Balaban J connectivity index is 2.33. The Bertz CT molecular complexity index is 298. The van der Waals surface area contributed by atoms with Crippen molar-refractivity contribution in [3.8, 4) is 5.75 Å². The Labute approximate surface area is 85.9 Å². The highest BCUT2D eigenvalue weighted by Gasteiger charge is 2.11. The molecule has 0 aliphatic heterocycles. The molecule has 1 unspecified atom stereocenters. The van der Waals surface area contributed by atoms with Crippen molar-refractivity contribution in [3.63, 3.8) is 0 Å². The molecule has 0 spiro atoms. The fourth-order valence-electron chi connectivity index (χ4n) is 0.680.